The summed E-state index contributed by atoms with van der Waals surface area (Å²) in [6.45, 7) is 4.00. The van der Waals surface area contributed by atoms with Crippen LogP contribution in [0.2, 0.25) is 0 Å². The van der Waals surface area contributed by atoms with Gasteiger partial charge >= 0.3 is 0 Å². The smallest absolute Gasteiger partial charge is 0.265 e. The number of thiophene rings is 1. The van der Waals surface area contributed by atoms with E-state index in [0.717, 1.165) is 10.1 Å². The Morgan fingerprint density at radius 2 is 1.75 bits per heavy atom. The lowest BCUT2D eigenvalue weighted by Gasteiger charge is -2.07. The van der Waals surface area contributed by atoms with Gasteiger partial charge in [0.05, 0.1) is 16.1 Å². The molecule has 124 valence electrons. The average molecular weight is 341 g/mol. The molecule has 0 aliphatic rings. The topological polar surface area (TPSA) is 98.2 Å². The van der Waals surface area contributed by atoms with Gasteiger partial charge in [-0.3, -0.25) is 9.59 Å². The third-order valence-corrected chi connectivity index (χ3v) is 4.32. The number of hydrogen-bond donors (Lipinski definition) is 3. The van der Waals surface area contributed by atoms with E-state index < -0.39 is 5.91 Å². The fourth-order valence-electron chi connectivity index (χ4n) is 2.16. The number of amides is 2. The Labute approximate surface area is 144 Å². The summed E-state index contributed by atoms with van der Waals surface area (Å²) < 4.78 is 0.975. The van der Waals surface area contributed by atoms with Crippen LogP contribution in [0.25, 0.3) is 10.1 Å². The van der Waals surface area contributed by atoms with E-state index in [1.807, 2.05) is 26.0 Å². The van der Waals surface area contributed by atoms with E-state index in [0.29, 0.717) is 16.3 Å². The monoisotopic (exact) mass is 341 g/mol. The minimum atomic E-state index is -0.583. The van der Waals surface area contributed by atoms with Gasteiger partial charge in [0.1, 0.15) is 0 Å². The van der Waals surface area contributed by atoms with E-state index in [1.165, 1.54) is 11.3 Å². The number of primary amides is 1. The lowest BCUT2D eigenvalue weighted by molar-refractivity contribution is 0.100. The van der Waals surface area contributed by atoms with Crippen LogP contribution in [0.15, 0.2) is 48.5 Å². The number of benzene rings is 2. The van der Waals surface area contributed by atoms with Gasteiger partial charge in [-0.15, -0.1) is 11.3 Å². The highest BCUT2D eigenvalue weighted by Gasteiger charge is 2.14. The van der Waals surface area contributed by atoms with Gasteiger partial charge in [0.15, 0.2) is 0 Å². The van der Waals surface area contributed by atoms with E-state index in [-0.39, 0.29) is 11.5 Å². The number of carbonyl (C=O) groups excluding carboxylic acids is 2. The van der Waals surface area contributed by atoms with Crippen LogP contribution in [0.5, 0.6) is 0 Å². The van der Waals surface area contributed by atoms with Crippen molar-refractivity contribution in [3.05, 3.63) is 59.0 Å². The fourth-order valence-corrected chi connectivity index (χ4v) is 3.10. The van der Waals surface area contributed by atoms with Gasteiger partial charge in [0.2, 0.25) is 0 Å². The Morgan fingerprint density at radius 1 is 1.04 bits per heavy atom. The Hall–Kier alpha value is -2.86. The maximum atomic E-state index is 12.4. The molecule has 24 heavy (non-hydrogen) atoms. The van der Waals surface area contributed by atoms with Crippen molar-refractivity contribution in [3.8, 4) is 0 Å². The molecule has 0 fully saturated rings. The maximum Gasteiger partial charge on any atom is 0.265 e. The molecule has 6 heteroatoms. The molecule has 5 nitrogen and oxygen atoms in total. The van der Waals surface area contributed by atoms with Crippen LogP contribution in [0.3, 0.4) is 0 Å². The third-order valence-electron chi connectivity index (χ3n) is 3.20. The number of hydrogen-bond acceptors (Lipinski definition) is 4. The second-order valence-corrected chi connectivity index (χ2v) is 5.86. The van der Waals surface area contributed by atoms with Crippen LogP contribution >= 0.6 is 11.3 Å². The molecule has 0 radical (unpaired) electrons. The summed E-state index contributed by atoms with van der Waals surface area (Å²) in [5, 5.41) is 3.64. The second kappa shape index (κ2) is 7.61. The van der Waals surface area contributed by atoms with E-state index in [2.05, 4.69) is 5.32 Å². The number of nitrogens with two attached hydrogens (primary N) is 2. The molecule has 0 aliphatic heterocycles. The average Bonchev–Trinajstić information content (AvgIpc) is 3.00. The molecule has 0 saturated heterocycles. The highest BCUT2D eigenvalue weighted by atomic mass is 32.1. The largest absolute Gasteiger partial charge is 0.399 e. The lowest BCUT2D eigenvalue weighted by Crippen LogP contribution is -2.17. The number of fused-ring (bicyclic) bond motifs is 1. The molecule has 0 aliphatic carbocycles. The number of carbonyl (C=O) groups is 2. The lowest BCUT2D eigenvalue weighted by atomic mass is 10.1. The van der Waals surface area contributed by atoms with Crippen molar-refractivity contribution in [2.75, 3.05) is 11.1 Å². The van der Waals surface area contributed by atoms with Crippen LogP contribution < -0.4 is 16.8 Å². The first-order valence-electron chi connectivity index (χ1n) is 7.54. The van der Waals surface area contributed by atoms with Crippen molar-refractivity contribution in [1.29, 1.82) is 0 Å². The summed E-state index contributed by atoms with van der Waals surface area (Å²) in [5.74, 6) is -0.867. The Morgan fingerprint density at radius 3 is 2.46 bits per heavy atom. The van der Waals surface area contributed by atoms with Gasteiger partial charge in [-0.2, -0.15) is 0 Å². The van der Waals surface area contributed by atoms with Crippen molar-refractivity contribution in [1.82, 2.24) is 0 Å². The highest BCUT2D eigenvalue weighted by Crippen LogP contribution is 2.28. The predicted molar refractivity (Wildman–Crippen MR) is 100 cm³/mol. The number of nitrogens with one attached hydrogen (secondary N) is 1. The quantitative estimate of drug-likeness (QED) is 0.631. The zero-order chi connectivity index (χ0) is 17.7. The van der Waals surface area contributed by atoms with E-state index in [4.69, 9.17) is 11.5 Å². The highest BCUT2D eigenvalue weighted by molar-refractivity contribution is 7.20. The van der Waals surface area contributed by atoms with E-state index >= 15 is 0 Å². The van der Waals surface area contributed by atoms with Gasteiger partial charge in [-0.1, -0.05) is 26.0 Å². The van der Waals surface area contributed by atoms with Gasteiger partial charge in [0, 0.05) is 10.4 Å². The molecule has 0 bridgehead atoms. The van der Waals surface area contributed by atoms with Gasteiger partial charge < -0.3 is 16.8 Å². The molecular weight excluding hydrogens is 322 g/mol. The molecule has 3 aromatic rings. The van der Waals surface area contributed by atoms with Gasteiger partial charge in [-0.25, -0.2) is 0 Å². The molecule has 2 aromatic carbocycles. The van der Waals surface area contributed by atoms with Crippen molar-refractivity contribution in [2.24, 2.45) is 5.73 Å². The number of anilines is 2. The summed E-state index contributed by atoms with van der Waals surface area (Å²) in [6.07, 6.45) is 0. The first kappa shape index (κ1) is 17.5. The Bertz CT molecular complexity index is 887. The minimum absolute atomic E-state index is 0.279. The molecule has 0 unspecified atom stereocenters. The molecule has 1 aromatic heterocycles. The third kappa shape index (κ3) is 3.72. The number of rotatable bonds is 3. The standard InChI is InChI=1S/C16H13N3O2S.C2H6/c17-10-5-6-13-9(7-10)8-14(22-13)16(21)19-12-4-2-1-3-11(12)15(18)20;1-2/h1-8H,17H2,(H2,18,20)(H,19,21);1-2H3. The van der Waals surface area contributed by atoms with Gasteiger partial charge in [-0.05, 0) is 41.8 Å². The zero-order valence-electron chi connectivity index (χ0n) is 13.5. The first-order valence-corrected chi connectivity index (χ1v) is 8.35. The van der Waals surface area contributed by atoms with Crippen molar-refractivity contribution < 1.29 is 9.59 Å². The zero-order valence-corrected chi connectivity index (χ0v) is 14.3. The number of nitrogen functional groups attached to an aromatic ring is 1. The van der Waals surface area contributed by atoms with Crippen LogP contribution in [0.4, 0.5) is 11.4 Å². The summed E-state index contributed by atoms with van der Waals surface area (Å²) in [6, 6.07) is 13.9. The van der Waals surface area contributed by atoms with E-state index in [9.17, 15) is 9.59 Å². The molecular formula is C18H19N3O2S. The Kier molecular flexibility index (Phi) is 5.55. The summed E-state index contributed by atoms with van der Waals surface area (Å²) in [5.41, 5.74) is 12.4. The SMILES string of the molecule is CC.NC(=O)c1ccccc1NC(=O)c1cc2cc(N)ccc2s1. The Balaban J connectivity index is 0.00000100. The van der Waals surface area contributed by atoms with Crippen molar-refractivity contribution in [2.45, 2.75) is 13.8 Å². The van der Waals surface area contributed by atoms with Crippen LogP contribution in [0.1, 0.15) is 33.9 Å². The fraction of sp³-hybridized carbons (Fsp3) is 0.111. The summed E-state index contributed by atoms with van der Waals surface area (Å²) in [7, 11) is 0. The van der Waals surface area contributed by atoms with E-state index in [1.54, 1.807) is 36.4 Å². The molecule has 5 N–H and O–H groups in total. The summed E-state index contributed by atoms with van der Waals surface area (Å²) in [4.78, 5) is 24.3. The molecule has 2 amide bonds. The molecule has 3 rings (SSSR count). The van der Waals surface area contributed by atoms with Crippen LogP contribution in [-0.2, 0) is 0 Å². The summed E-state index contributed by atoms with van der Waals surface area (Å²) >= 11 is 1.36. The maximum absolute atomic E-state index is 12.4. The van der Waals surface area contributed by atoms with Gasteiger partial charge in [0.25, 0.3) is 11.8 Å². The molecule has 0 saturated carbocycles. The minimum Gasteiger partial charge on any atom is -0.399 e. The predicted octanol–water partition coefficient (Wildman–Crippen LogP) is 3.86. The number of para-hydroxylation sites is 1. The molecule has 0 spiro atoms. The van der Waals surface area contributed by atoms with Crippen LogP contribution in [0, 0.1) is 0 Å². The van der Waals surface area contributed by atoms with Crippen molar-refractivity contribution in [3.63, 3.8) is 0 Å². The molecule has 1 heterocycles. The van der Waals surface area contributed by atoms with Crippen LogP contribution in [-0.4, -0.2) is 11.8 Å². The first-order chi connectivity index (χ1) is 11.5. The van der Waals surface area contributed by atoms with Crippen molar-refractivity contribution >= 4 is 44.6 Å². The normalized spacial score (nSPS) is 9.92. The second-order valence-electron chi connectivity index (χ2n) is 4.77. The molecule has 0 atom stereocenters.